The van der Waals surface area contributed by atoms with Crippen molar-refractivity contribution in [1.29, 1.82) is 0 Å². The van der Waals surface area contributed by atoms with E-state index in [4.69, 9.17) is 0 Å². The van der Waals surface area contributed by atoms with Gasteiger partial charge in [-0.3, -0.25) is 9.78 Å². The third-order valence-electron chi connectivity index (χ3n) is 4.32. The van der Waals surface area contributed by atoms with Gasteiger partial charge in [-0.15, -0.1) is 0 Å². The monoisotopic (exact) mass is 337 g/mol. The molecule has 1 amide bonds. The van der Waals surface area contributed by atoms with Gasteiger partial charge in [0.05, 0.1) is 11.3 Å². The van der Waals surface area contributed by atoms with E-state index in [2.05, 4.69) is 48.2 Å². The first-order valence-electron chi connectivity index (χ1n) is 8.75. The van der Waals surface area contributed by atoms with Gasteiger partial charge in [0.2, 0.25) is 0 Å². The van der Waals surface area contributed by atoms with Gasteiger partial charge in [-0.25, -0.2) is 0 Å². The minimum absolute atomic E-state index is 0.117. The van der Waals surface area contributed by atoms with E-state index >= 15 is 0 Å². The molecule has 0 fully saturated rings. The van der Waals surface area contributed by atoms with E-state index < -0.39 is 0 Å². The molecule has 1 heterocycles. The van der Waals surface area contributed by atoms with Crippen molar-refractivity contribution in [2.75, 3.05) is 7.05 Å². The lowest BCUT2D eigenvalue weighted by molar-refractivity contribution is 0.0961. The number of nitrogens with zero attached hydrogens (tertiary/aromatic N) is 1. The predicted octanol–water partition coefficient (Wildman–Crippen LogP) is 3.59. The smallest absolute Gasteiger partial charge is 0.252 e. The van der Waals surface area contributed by atoms with E-state index in [1.54, 1.807) is 13.2 Å². The Kier molecular flexibility index (Phi) is 6.75. The fourth-order valence-corrected chi connectivity index (χ4v) is 2.58. The molecule has 1 aromatic heterocycles. The molecule has 1 aromatic carbocycles. The maximum absolute atomic E-state index is 12.3. The van der Waals surface area contributed by atoms with Crippen molar-refractivity contribution in [3.8, 4) is 0 Å². The second-order valence-corrected chi connectivity index (χ2v) is 6.22. The van der Waals surface area contributed by atoms with Gasteiger partial charge in [0, 0.05) is 30.5 Å². The summed E-state index contributed by atoms with van der Waals surface area (Å²) in [5.74, 6) is -0.117. The zero-order valence-electron chi connectivity index (χ0n) is 15.3. The molecular weight excluding hydrogens is 310 g/mol. The van der Waals surface area contributed by atoms with Crippen molar-refractivity contribution < 1.29 is 4.79 Å². The molecule has 0 aliphatic heterocycles. The standard InChI is InChI=1S/C21H27N3O/c1-5-15(2)24-16(3)18-13-19(21(25)22-4)20(23-14-18)12-11-17-9-7-6-8-10-17/h6-10,13-15,24H,3,5,11-12H2,1-2,4H3,(H,22,25)/t15-/m1/s1. The van der Waals surface area contributed by atoms with Crippen LogP contribution in [0.2, 0.25) is 0 Å². The minimum atomic E-state index is -0.117. The molecule has 0 aliphatic carbocycles. The first-order chi connectivity index (χ1) is 12.0. The summed E-state index contributed by atoms with van der Waals surface area (Å²) in [6.45, 7) is 8.30. The number of hydrogen-bond acceptors (Lipinski definition) is 3. The Morgan fingerprint density at radius 3 is 2.60 bits per heavy atom. The average molecular weight is 337 g/mol. The van der Waals surface area contributed by atoms with Crippen molar-refractivity contribution >= 4 is 11.6 Å². The second kappa shape index (κ2) is 9.02. The zero-order chi connectivity index (χ0) is 18.2. The summed E-state index contributed by atoms with van der Waals surface area (Å²) in [6, 6.07) is 12.4. The van der Waals surface area contributed by atoms with Crippen LogP contribution in [-0.2, 0) is 12.8 Å². The highest BCUT2D eigenvalue weighted by molar-refractivity contribution is 5.95. The minimum Gasteiger partial charge on any atom is -0.383 e. The molecule has 1 atom stereocenters. The molecule has 4 nitrogen and oxygen atoms in total. The molecule has 2 rings (SSSR count). The van der Waals surface area contributed by atoms with Crippen LogP contribution in [0.4, 0.5) is 0 Å². The van der Waals surface area contributed by atoms with E-state index in [0.29, 0.717) is 11.6 Å². The van der Waals surface area contributed by atoms with E-state index in [9.17, 15) is 4.79 Å². The average Bonchev–Trinajstić information content (AvgIpc) is 2.66. The third kappa shape index (κ3) is 5.18. The maximum Gasteiger partial charge on any atom is 0.252 e. The SMILES string of the molecule is C=C(N[C@H](C)CC)c1cnc(CCc2ccccc2)c(C(=O)NC)c1. The third-order valence-corrected chi connectivity index (χ3v) is 4.32. The van der Waals surface area contributed by atoms with Crippen molar-refractivity contribution in [3.05, 3.63) is 71.6 Å². The molecule has 0 saturated carbocycles. The first-order valence-corrected chi connectivity index (χ1v) is 8.75. The highest BCUT2D eigenvalue weighted by atomic mass is 16.1. The molecule has 0 aliphatic rings. The Hall–Kier alpha value is -2.62. The molecule has 0 bridgehead atoms. The van der Waals surface area contributed by atoms with Gasteiger partial charge in [0.1, 0.15) is 0 Å². The molecule has 0 saturated heterocycles. The summed E-state index contributed by atoms with van der Waals surface area (Å²) >= 11 is 0. The molecule has 0 radical (unpaired) electrons. The van der Waals surface area contributed by atoms with Gasteiger partial charge < -0.3 is 10.6 Å². The summed E-state index contributed by atoms with van der Waals surface area (Å²) < 4.78 is 0. The number of aromatic nitrogens is 1. The summed E-state index contributed by atoms with van der Waals surface area (Å²) in [6.07, 6.45) is 4.37. The van der Waals surface area contributed by atoms with Gasteiger partial charge in [-0.05, 0) is 37.8 Å². The van der Waals surface area contributed by atoms with Gasteiger partial charge in [0.25, 0.3) is 5.91 Å². The number of hydrogen-bond donors (Lipinski definition) is 2. The number of pyridine rings is 1. The second-order valence-electron chi connectivity index (χ2n) is 6.22. The van der Waals surface area contributed by atoms with Crippen LogP contribution in [0.1, 0.15) is 47.4 Å². The van der Waals surface area contributed by atoms with Crippen LogP contribution in [0.25, 0.3) is 5.70 Å². The molecule has 4 heteroatoms. The Morgan fingerprint density at radius 1 is 1.24 bits per heavy atom. The summed E-state index contributed by atoms with van der Waals surface area (Å²) in [4.78, 5) is 16.9. The van der Waals surface area contributed by atoms with Gasteiger partial charge in [-0.2, -0.15) is 0 Å². The number of benzene rings is 1. The first kappa shape index (κ1) is 18.7. The van der Waals surface area contributed by atoms with Gasteiger partial charge in [-0.1, -0.05) is 43.8 Å². The molecule has 25 heavy (non-hydrogen) atoms. The molecular formula is C21H27N3O. The van der Waals surface area contributed by atoms with Gasteiger partial charge in [0.15, 0.2) is 0 Å². The number of amides is 1. The number of aryl methyl sites for hydroxylation is 2. The lowest BCUT2D eigenvalue weighted by atomic mass is 10.0. The molecule has 132 valence electrons. The van der Waals surface area contributed by atoms with Crippen LogP contribution in [-0.4, -0.2) is 24.0 Å². The lowest BCUT2D eigenvalue weighted by Crippen LogP contribution is -2.24. The molecule has 2 N–H and O–H groups in total. The van der Waals surface area contributed by atoms with Crippen LogP contribution in [0, 0.1) is 0 Å². The number of carbonyl (C=O) groups excluding carboxylic acids is 1. The topological polar surface area (TPSA) is 54.0 Å². The Balaban J connectivity index is 2.21. The fourth-order valence-electron chi connectivity index (χ4n) is 2.58. The number of nitrogens with one attached hydrogen (secondary N) is 2. The van der Waals surface area contributed by atoms with Crippen LogP contribution in [0.15, 0.2) is 49.2 Å². The van der Waals surface area contributed by atoms with Gasteiger partial charge >= 0.3 is 0 Å². The van der Waals surface area contributed by atoms with Crippen molar-refractivity contribution in [2.24, 2.45) is 0 Å². The van der Waals surface area contributed by atoms with E-state index in [-0.39, 0.29) is 5.91 Å². The van der Waals surface area contributed by atoms with Crippen molar-refractivity contribution in [2.45, 2.75) is 39.2 Å². The van der Waals surface area contributed by atoms with Crippen LogP contribution in [0.3, 0.4) is 0 Å². The van der Waals surface area contributed by atoms with Crippen molar-refractivity contribution in [1.82, 2.24) is 15.6 Å². The lowest BCUT2D eigenvalue weighted by Gasteiger charge is -2.17. The highest BCUT2D eigenvalue weighted by Crippen LogP contribution is 2.17. The fraction of sp³-hybridized carbons (Fsp3) is 0.333. The van der Waals surface area contributed by atoms with E-state index in [1.165, 1.54) is 5.56 Å². The number of rotatable bonds is 8. The molecule has 2 aromatic rings. The summed E-state index contributed by atoms with van der Waals surface area (Å²) in [7, 11) is 1.64. The summed E-state index contributed by atoms with van der Waals surface area (Å²) in [5, 5.41) is 6.05. The Bertz CT molecular complexity index is 725. The highest BCUT2D eigenvalue weighted by Gasteiger charge is 2.14. The van der Waals surface area contributed by atoms with Crippen LogP contribution < -0.4 is 10.6 Å². The van der Waals surface area contributed by atoms with E-state index in [0.717, 1.165) is 36.2 Å². The Morgan fingerprint density at radius 2 is 1.96 bits per heavy atom. The van der Waals surface area contributed by atoms with E-state index in [1.807, 2.05) is 24.3 Å². The maximum atomic E-state index is 12.3. The quantitative estimate of drug-likeness (QED) is 0.774. The largest absolute Gasteiger partial charge is 0.383 e. The Labute approximate surface area is 150 Å². The zero-order valence-corrected chi connectivity index (χ0v) is 15.3. The summed E-state index contributed by atoms with van der Waals surface area (Å²) in [5.41, 5.74) is 4.30. The van der Waals surface area contributed by atoms with Crippen LogP contribution in [0.5, 0.6) is 0 Å². The van der Waals surface area contributed by atoms with Crippen molar-refractivity contribution in [3.63, 3.8) is 0 Å². The van der Waals surface area contributed by atoms with Crippen LogP contribution >= 0.6 is 0 Å². The predicted molar refractivity (Wildman–Crippen MR) is 103 cm³/mol. The molecule has 0 spiro atoms. The normalized spacial score (nSPS) is 11.6. The number of carbonyl (C=O) groups is 1. The molecule has 0 unspecified atom stereocenters.